The Hall–Kier alpha value is -4.49. The standard InChI is InChI=1S/C21H17F4N7O3/c1-11-7-13(8-12(2)18(11)34-10-17-28-30-31-29-17)32-6-5-26-19(20(32)33)27-16-4-3-14(9-15(16)22)35-21(23,24)25/h3-9H,10H2,1-2H3,(H,26,27)(H,28,29,30,31). The number of benzene rings is 2. The summed E-state index contributed by atoms with van der Waals surface area (Å²) in [6.45, 7) is 3.69. The molecular weight excluding hydrogens is 474 g/mol. The number of rotatable bonds is 7. The van der Waals surface area contributed by atoms with E-state index in [1.165, 1.54) is 17.0 Å². The van der Waals surface area contributed by atoms with Crippen molar-refractivity contribution in [3.05, 3.63) is 75.8 Å². The summed E-state index contributed by atoms with van der Waals surface area (Å²) in [5.41, 5.74) is 1.10. The van der Waals surface area contributed by atoms with E-state index in [0.717, 1.165) is 23.3 Å². The van der Waals surface area contributed by atoms with Crippen LogP contribution in [0.5, 0.6) is 11.5 Å². The molecule has 2 heterocycles. The predicted octanol–water partition coefficient (Wildman–Crippen LogP) is 3.72. The van der Waals surface area contributed by atoms with Crippen LogP contribution in [0.4, 0.5) is 29.1 Å². The molecule has 182 valence electrons. The van der Waals surface area contributed by atoms with Crippen molar-refractivity contribution in [1.82, 2.24) is 30.2 Å². The average molecular weight is 491 g/mol. The number of nitrogens with one attached hydrogen (secondary N) is 2. The summed E-state index contributed by atoms with van der Waals surface area (Å²) in [5, 5.41) is 16.0. The van der Waals surface area contributed by atoms with Crippen molar-refractivity contribution in [3.63, 3.8) is 0 Å². The number of hydrogen-bond acceptors (Lipinski definition) is 8. The third-order valence-corrected chi connectivity index (χ3v) is 4.73. The molecule has 0 saturated carbocycles. The van der Waals surface area contributed by atoms with Gasteiger partial charge < -0.3 is 14.8 Å². The van der Waals surface area contributed by atoms with E-state index in [9.17, 15) is 22.4 Å². The maximum absolute atomic E-state index is 14.3. The molecule has 0 saturated heterocycles. The number of halogens is 4. The van der Waals surface area contributed by atoms with Crippen LogP contribution in [0.1, 0.15) is 17.0 Å². The van der Waals surface area contributed by atoms with Crippen molar-refractivity contribution in [2.24, 2.45) is 0 Å². The summed E-state index contributed by atoms with van der Waals surface area (Å²) in [7, 11) is 0. The fraction of sp³-hybridized carbons (Fsp3) is 0.190. The van der Waals surface area contributed by atoms with Gasteiger partial charge in [0.05, 0.1) is 5.69 Å². The van der Waals surface area contributed by atoms with Gasteiger partial charge in [-0.3, -0.25) is 9.36 Å². The molecule has 14 heteroatoms. The molecular formula is C21H17F4N7O3. The molecule has 0 unspecified atom stereocenters. The molecule has 0 aliphatic rings. The van der Waals surface area contributed by atoms with Crippen molar-refractivity contribution in [3.8, 4) is 17.2 Å². The van der Waals surface area contributed by atoms with Crippen LogP contribution >= 0.6 is 0 Å². The van der Waals surface area contributed by atoms with Crippen LogP contribution in [0.2, 0.25) is 0 Å². The second-order valence-corrected chi connectivity index (χ2v) is 7.29. The van der Waals surface area contributed by atoms with Gasteiger partial charge in [-0.2, -0.15) is 5.21 Å². The Balaban J connectivity index is 1.58. The number of H-pyrrole nitrogens is 1. The summed E-state index contributed by atoms with van der Waals surface area (Å²) >= 11 is 0. The summed E-state index contributed by atoms with van der Waals surface area (Å²) in [5.74, 6) is -1.06. The van der Waals surface area contributed by atoms with E-state index in [1.807, 2.05) is 0 Å². The van der Waals surface area contributed by atoms with Crippen molar-refractivity contribution >= 4 is 11.5 Å². The van der Waals surface area contributed by atoms with Crippen LogP contribution < -0.4 is 20.3 Å². The Morgan fingerprint density at radius 1 is 1.14 bits per heavy atom. The maximum atomic E-state index is 14.3. The Bertz CT molecular complexity index is 1380. The monoisotopic (exact) mass is 491 g/mol. The zero-order chi connectivity index (χ0) is 25.2. The Morgan fingerprint density at radius 2 is 1.89 bits per heavy atom. The normalized spacial score (nSPS) is 11.4. The van der Waals surface area contributed by atoms with Crippen LogP contribution in [0.3, 0.4) is 0 Å². The van der Waals surface area contributed by atoms with E-state index in [0.29, 0.717) is 23.3 Å². The minimum absolute atomic E-state index is 0.0964. The van der Waals surface area contributed by atoms with Gasteiger partial charge in [-0.15, -0.1) is 23.4 Å². The average Bonchev–Trinajstić information content (AvgIpc) is 3.29. The van der Waals surface area contributed by atoms with Gasteiger partial charge in [0.15, 0.2) is 12.4 Å². The smallest absolute Gasteiger partial charge is 0.485 e. The van der Waals surface area contributed by atoms with Gasteiger partial charge in [-0.05, 0) is 49.2 Å². The first-order valence-electron chi connectivity index (χ1n) is 9.97. The van der Waals surface area contributed by atoms with Gasteiger partial charge in [0.1, 0.15) is 17.3 Å². The Labute approximate surface area is 194 Å². The van der Waals surface area contributed by atoms with E-state index in [4.69, 9.17) is 4.74 Å². The second-order valence-electron chi connectivity index (χ2n) is 7.29. The van der Waals surface area contributed by atoms with Crippen LogP contribution in [0, 0.1) is 19.7 Å². The van der Waals surface area contributed by atoms with Gasteiger partial charge in [-0.1, -0.05) is 5.21 Å². The van der Waals surface area contributed by atoms with E-state index in [2.05, 4.69) is 35.7 Å². The van der Waals surface area contributed by atoms with E-state index >= 15 is 0 Å². The molecule has 10 nitrogen and oxygen atoms in total. The molecule has 0 aliphatic carbocycles. The number of nitrogens with zero attached hydrogens (tertiary/aromatic N) is 5. The molecule has 0 atom stereocenters. The first-order valence-corrected chi connectivity index (χ1v) is 9.97. The maximum Gasteiger partial charge on any atom is 0.573 e. The van der Waals surface area contributed by atoms with E-state index < -0.39 is 23.5 Å². The summed E-state index contributed by atoms with van der Waals surface area (Å²) in [6.07, 6.45) is -2.20. The molecule has 0 aliphatic heterocycles. The molecule has 2 aromatic carbocycles. The van der Waals surface area contributed by atoms with Crippen LogP contribution in [0.25, 0.3) is 5.69 Å². The lowest BCUT2D eigenvalue weighted by atomic mass is 10.1. The first kappa shape index (κ1) is 23.7. The van der Waals surface area contributed by atoms with Gasteiger partial charge in [0.2, 0.25) is 5.82 Å². The third-order valence-electron chi connectivity index (χ3n) is 4.73. The van der Waals surface area contributed by atoms with Gasteiger partial charge in [0.25, 0.3) is 5.56 Å². The SMILES string of the molecule is Cc1cc(-n2ccnc(Nc3ccc(OC(F)(F)F)cc3F)c2=O)cc(C)c1OCc1nn[nH]n1. The lowest BCUT2D eigenvalue weighted by molar-refractivity contribution is -0.274. The number of hydrogen-bond donors (Lipinski definition) is 2. The largest absolute Gasteiger partial charge is 0.573 e. The Kier molecular flexibility index (Phi) is 6.36. The molecule has 0 spiro atoms. The summed E-state index contributed by atoms with van der Waals surface area (Å²) < 4.78 is 62.1. The van der Waals surface area contributed by atoms with Crippen LogP contribution in [-0.4, -0.2) is 36.5 Å². The highest BCUT2D eigenvalue weighted by Crippen LogP contribution is 2.28. The highest BCUT2D eigenvalue weighted by molar-refractivity contribution is 5.58. The van der Waals surface area contributed by atoms with Crippen molar-refractivity contribution in [2.75, 3.05) is 5.32 Å². The van der Waals surface area contributed by atoms with Gasteiger partial charge in [-0.25, -0.2) is 9.37 Å². The first-order chi connectivity index (χ1) is 16.6. The number of anilines is 2. The molecule has 0 amide bonds. The quantitative estimate of drug-likeness (QED) is 0.376. The summed E-state index contributed by atoms with van der Waals surface area (Å²) in [6, 6.07) is 5.91. The predicted molar refractivity (Wildman–Crippen MR) is 114 cm³/mol. The summed E-state index contributed by atoms with van der Waals surface area (Å²) in [4.78, 5) is 16.9. The lowest BCUT2D eigenvalue weighted by Gasteiger charge is -2.15. The second kappa shape index (κ2) is 9.40. The zero-order valence-electron chi connectivity index (χ0n) is 18.2. The zero-order valence-corrected chi connectivity index (χ0v) is 18.2. The minimum Gasteiger partial charge on any atom is -0.485 e. The van der Waals surface area contributed by atoms with Crippen LogP contribution in [-0.2, 0) is 6.61 Å². The number of ether oxygens (including phenoxy) is 2. The Morgan fingerprint density at radius 3 is 2.51 bits per heavy atom. The lowest BCUT2D eigenvalue weighted by Crippen LogP contribution is -2.22. The number of alkyl halides is 3. The molecule has 2 N–H and O–H groups in total. The topological polar surface area (TPSA) is 120 Å². The highest BCUT2D eigenvalue weighted by Gasteiger charge is 2.31. The fourth-order valence-corrected chi connectivity index (χ4v) is 3.30. The number of aromatic amines is 1. The molecule has 0 fully saturated rings. The van der Waals surface area contributed by atoms with Crippen LogP contribution in [0.15, 0.2) is 47.5 Å². The van der Waals surface area contributed by atoms with Gasteiger partial charge >= 0.3 is 6.36 Å². The molecule has 0 radical (unpaired) electrons. The number of aromatic nitrogens is 6. The van der Waals surface area contributed by atoms with Gasteiger partial charge in [0, 0.05) is 24.1 Å². The third kappa shape index (κ3) is 5.54. The minimum atomic E-state index is -4.96. The highest BCUT2D eigenvalue weighted by atomic mass is 19.4. The molecule has 4 aromatic rings. The van der Waals surface area contributed by atoms with Crippen molar-refractivity contribution in [1.29, 1.82) is 0 Å². The van der Waals surface area contributed by atoms with Crippen molar-refractivity contribution < 1.29 is 27.0 Å². The number of tetrazole rings is 1. The van der Waals surface area contributed by atoms with E-state index in [1.54, 1.807) is 26.0 Å². The van der Waals surface area contributed by atoms with Crippen molar-refractivity contribution in [2.45, 2.75) is 26.8 Å². The van der Waals surface area contributed by atoms with E-state index in [-0.39, 0.29) is 18.1 Å². The molecule has 2 aromatic heterocycles. The molecule has 4 rings (SSSR count). The molecule has 0 bridgehead atoms. The number of aryl methyl sites for hydroxylation is 2. The fourth-order valence-electron chi connectivity index (χ4n) is 3.30. The molecule has 35 heavy (non-hydrogen) atoms.